The van der Waals surface area contributed by atoms with Gasteiger partial charge in [-0.3, -0.25) is 24.4 Å². The van der Waals surface area contributed by atoms with E-state index in [0.29, 0.717) is 31.0 Å². The van der Waals surface area contributed by atoms with Crippen LogP contribution >= 0.6 is 0 Å². The number of amides is 1. The molecule has 8 heteroatoms. The second-order valence-electron chi connectivity index (χ2n) is 7.37. The van der Waals surface area contributed by atoms with Crippen LogP contribution in [0.3, 0.4) is 0 Å². The summed E-state index contributed by atoms with van der Waals surface area (Å²) in [6, 6.07) is 7.68. The third kappa shape index (κ3) is 4.59. The maximum atomic E-state index is 13.0. The Morgan fingerprint density at radius 3 is 2.65 bits per heavy atom. The predicted octanol–water partition coefficient (Wildman–Crippen LogP) is 3.08. The van der Waals surface area contributed by atoms with Crippen molar-refractivity contribution in [3.63, 3.8) is 0 Å². The first kappa shape index (κ1) is 20.6. The van der Waals surface area contributed by atoms with Gasteiger partial charge in [-0.15, -0.1) is 0 Å². The zero-order chi connectivity index (χ0) is 21.8. The number of nitrogens with zero attached hydrogens (tertiary/aromatic N) is 5. The number of methoxy groups -OCH3 is 1. The number of ether oxygens (including phenoxy) is 1. The maximum Gasteiger partial charge on any atom is 0.251 e. The van der Waals surface area contributed by atoms with Crippen molar-refractivity contribution < 1.29 is 9.53 Å². The molecule has 0 aliphatic rings. The van der Waals surface area contributed by atoms with Crippen molar-refractivity contribution in [1.29, 1.82) is 0 Å². The molecule has 0 radical (unpaired) electrons. The van der Waals surface area contributed by atoms with Gasteiger partial charge < -0.3 is 10.1 Å². The monoisotopic (exact) mass is 416 g/mol. The fourth-order valence-electron chi connectivity index (χ4n) is 3.29. The quantitative estimate of drug-likeness (QED) is 0.498. The van der Waals surface area contributed by atoms with Gasteiger partial charge in [-0.1, -0.05) is 6.07 Å². The van der Waals surface area contributed by atoms with Gasteiger partial charge in [-0.2, -0.15) is 5.10 Å². The summed E-state index contributed by atoms with van der Waals surface area (Å²) in [4.78, 5) is 26.1. The van der Waals surface area contributed by atoms with Crippen LogP contribution < -0.4 is 5.32 Å². The molecule has 1 amide bonds. The second kappa shape index (κ2) is 9.01. The highest BCUT2D eigenvalue weighted by Crippen LogP contribution is 2.29. The number of aromatic nitrogens is 5. The van der Waals surface area contributed by atoms with Crippen LogP contribution in [-0.2, 0) is 17.8 Å². The molecule has 3 heterocycles. The largest absolute Gasteiger partial charge is 0.383 e. The first-order chi connectivity index (χ1) is 15.0. The van der Waals surface area contributed by atoms with Crippen LogP contribution in [0.2, 0.25) is 0 Å². The lowest BCUT2D eigenvalue weighted by molar-refractivity contribution is 0.0950. The molecule has 158 valence electrons. The Morgan fingerprint density at radius 1 is 1.06 bits per heavy atom. The van der Waals surface area contributed by atoms with Gasteiger partial charge in [-0.25, -0.2) is 0 Å². The van der Waals surface area contributed by atoms with E-state index in [1.165, 1.54) is 0 Å². The summed E-state index contributed by atoms with van der Waals surface area (Å²) in [6.45, 7) is 5.28. The standard InChI is InChI=1S/C23H24N6O2/c1-15-4-5-21(26-10-15)19-8-17(9-22-20(19)14-28-29(22)6-7-31-3)23(30)27-13-18-12-24-16(2)11-25-18/h4-5,8-12,14H,6-7,13H2,1-3H3,(H,27,30). The molecule has 0 saturated heterocycles. The molecule has 4 rings (SSSR count). The molecule has 0 spiro atoms. The van der Waals surface area contributed by atoms with Gasteiger partial charge in [0.25, 0.3) is 5.91 Å². The minimum Gasteiger partial charge on any atom is -0.383 e. The smallest absolute Gasteiger partial charge is 0.251 e. The molecular formula is C23H24N6O2. The fraction of sp³-hybridized carbons (Fsp3) is 0.261. The van der Waals surface area contributed by atoms with Crippen LogP contribution in [0, 0.1) is 13.8 Å². The fourth-order valence-corrected chi connectivity index (χ4v) is 3.29. The van der Waals surface area contributed by atoms with Crippen LogP contribution in [0.1, 0.15) is 27.3 Å². The molecule has 3 aromatic heterocycles. The number of hydrogen-bond acceptors (Lipinski definition) is 6. The van der Waals surface area contributed by atoms with Crippen LogP contribution in [-0.4, -0.2) is 44.4 Å². The predicted molar refractivity (Wildman–Crippen MR) is 118 cm³/mol. The van der Waals surface area contributed by atoms with Gasteiger partial charge in [0.2, 0.25) is 0 Å². The molecule has 31 heavy (non-hydrogen) atoms. The number of fused-ring (bicyclic) bond motifs is 1. The van der Waals surface area contributed by atoms with Crippen molar-refractivity contribution >= 4 is 16.8 Å². The van der Waals surface area contributed by atoms with Crippen molar-refractivity contribution in [3.05, 3.63) is 71.6 Å². The molecule has 4 aromatic rings. The summed E-state index contributed by atoms with van der Waals surface area (Å²) in [5.74, 6) is -0.197. The molecule has 0 saturated carbocycles. The van der Waals surface area contributed by atoms with Crippen molar-refractivity contribution in [1.82, 2.24) is 30.0 Å². The summed E-state index contributed by atoms with van der Waals surface area (Å²) >= 11 is 0. The van der Waals surface area contributed by atoms with Crippen LogP contribution in [0.15, 0.2) is 49.1 Å². The Kier molecular flexibility index (Phi) is 5.99. The minimum atomic E-state index is -0.197. The molecule has 0 aliphatic heterocycles. The number of nitrogens with one attached hydrogen (secondary N) is 1. The van der Waals surface area contributed by atoms with E-state index in [0.717, 1.165) is 33.4 Å². The highest BCUT2D eigenvalue weighted by atomic mass is 16.5. The summed E-state index contributed by atoms with van der Waals surface area (Å²) in [7, 11) is 1.65. The van der Waals surface area contributed by atoms with Crippen molar-refractivity contribution in [3.8, 4) is 11.3 Å². The highest BCUT2D eigenvalue weighted by Gasteiger charge is 2.16. The van der Waals surface area contributed by atoms with E-state index in [-0.39, 0.29) is 5.91 Å². The number of pyridine rings is 1. The van der Waals surface area contributed by atoms with E-state index in [4.69, 9.17) is 4.74 Å². The van der Waals surface area contributed by atoms with Gasteiger partial charge in [0.15, 0.2) is 0 Å². The molecular weight excluding hydrogens is 392 g/mol. The molecule has 0 fully saturated rings. The molecule has 0 atom stereocenters. The lowest BCUT2D eigenvalue weighted by atomic mass is 10.0. The van der Waals surface area contributed by atoms with Gasteiger partial charge in [0.05, 0.1) is 54.7 Å². The number of rotatable bonds is 7. The Hall–Kier alpha value is -3.65. The molecule has 0 aliphatic carbocycles. The third-order valence-electron chi connectivity index (χ3n) is 4.98. The topological polar surface area (TPSA) is 94.8 Å². The van der Waals surface area contributed by atoms with E-state index < -0.39 is 0 Å². The minimum absolute atomic E-state index is 0.197. The van der Waals surface area contributed by atoms with Gasteiger partial charge in [0.1, 0.15) is 0 Å². The van der Waals surface area contributed by atoms with E-state index in [1.54, 1.807) is 19.5 Å². The average Bonchev–Trinajstić information content (AvgIpc) is 3.20. The Balaban J connectivity index is 1.70. The SMILES string of the molecule is COCCn1ncc2c(-c3ccc(C)cn3)cc(C(=O)NCc3cnc(C)cn3)cc21. The molecule has 0 unspecified atom stereocenters. The third-order valence-corrected chi connectivity index (χ3v) is 4.98. The lowest BCUT2D eigenvalue weighted by Crippen LogP contribution is -2.23. The van der Waals surface area contributed by atoms with Crippen LogP contribution in [0.4, 0.5) is 0 Å². The van der Waals surface area contributed by atoms with Crippen molar-refractivity contribution in [2.45, 2.75) is 26.9 Å². The molecule has 1 aromatic carbocycles. The van der Waals surface area contributed by atoms with Crippen LogP contribution in [0.25, 0.3) is 22.2 Å². The Morgan fingerprint density at radius 2 is 1.94 bits per heavy atom. The van der Waals surface area contributed by atoms with E-state index in [9.17, 15) is 4.79 Å². The zero-order valence-corrected chi connectivity index (χ0v) is 17.8. The van der Waals surface area contributed by atoms with E-state index >= 15 is 0 Å². The van der Waals surface area contributed by atoms with Crippen LogP contribution in [0.5, 0.6) is 0 Å². The van der Waals surface area contributed by atoms with Gasteiger partial charge >= 0.3 is 0 Å². The number of benzene rings is 1. The highest BCUT2D eigenvalue weighted by molar-refractivity contribution is 6.03. The summed E-state index contributed by atoms with van der Waals surface area (Å²) in [5.41, 5.74) is 5.65. The zero-order valence-electron chi connectivity index (χ0n) is 17.8. The lowest BCUT2D eigenvalue weighted by Gasteiger charge is -2.10. The number of hydrogen-bond donors (Lipinski definition) is 1. The number of carbonyl (C=O) groups excluding carboxylic acids is 1. The molecule has 0 bridgehead atoms. The normalized spacial score (nSPS) is 11.1. The van der Waals surface area contributed by atoms with Crippen molar-refractivity contribution in [2.75, 3.05) is 13.7 Å². The second-order valence-corrected chi connectivity index (χ2v) is 7.37. The van der Waals surface area contributed by atoms with E-state index in [2.05, 4.69) is 25.4 Å². The van der Waals surface area contributed by atoms with Crippen molar-refractivity contribution in [2.24, 2.45) is 0 Å². The van der Waals surface area contributed by atoms with Gasteiger partial charge in [-0.05, 0) is 37.6 Å². The number of carbonyl (C=O) groups is 1. The van der Waals surface area contributed by atoms with Gasteiger partial charge in [0, 0.05) is 36.0 Å². The molecule has 8 nitrogen and oxygen atoms in total. The Labute approximate surface area is 180 Å². The van der Waals surface area contributed by atoms with E-state index in [1.807, 2.05) is 55.2 Å². The summed E-state index contributed by atoms with van der Waals surface area (Å²) in [6.07, 6.45) is 6.98. The Bertz CT molecular complexity index is 1200. The average molecular weight is 416 g/mol. The first-order valence-corrected chi connectivity index (χ1v) is 10.0. The summed E-state index contributed by atoms with van der Waals surface area (Å²) in [5, 5.41) is 8.36. The number of aryl methyl sites for hydroxylation is 2. The summed E-state index contributed by atoms with van der Waals surface area (Å²) < 4.78 is 7.05. The maximum absolute atomic E-state index is 13.0. The first-order valence-electron chi connectivity index (χ1n) is 10.0. The molecule has 1 N–H and O–H groups in total.